The summed E-state index contributed by atoms with van der Waals surface area (Å²) >= 11 is 0. The Morgan fingerprint density at radius 1 is 1.15 bits per heavy atom. The van der Waals surface area contributed by atoms with Crippen LogP contribution in [0.5, 0.6) is 0 Å². The van der Waals surface area contributed by atoms with Crippen LogP contribution in [0.2, 0.25) is 0 Å². The monoisotopic (exact) mass is 274 g/mol. The second-order valence-corrected chi connectivity index (χ2v) is 6.86. The predicted octanol–water partition coefficient (Wildman–Crippen LogP) is 3.70. The third kappa shape index (κ3) is 4.07. The highest BCUT2D eigenvalue weighted by Crippen LogP contribution is 2.26. The van der Waals surface area contributed by atoms with Gasteiger partial charge in [-0.25, -0.2) is 0 Å². The second kappa shape index (κ2) is 7.24. The highest BCUT2D eigenvalue weighted by atomic mass is 15.2. The van der Waals surface area contributed by atoms with Gasteiger partial charge < -0.3 is 5.32 Å². The standard InChI is InChI=1S/C18H30N2/c1-14(2)10-11-20-13-17(15(3)4)19-12-18(20)16-8-6-5-7-9-16/h5-9,14-15,17-19H,10-13H2,1-4H3. The molecule has 0 spiro atoms. The van der Waals surface area contributed by atoms with Gasteiger partial charge in [-0.2, -0.15) is 0 Å². The Kier molecular flexibility index (Phi) is 5.62. The third-order valence-electron chi connectivity index (χ3n) is 4.43. The van der Waals surface area contributed by atoms with Gasteiger partial charge in [-0.15, -0.1) is 0 Å². The molecule has 0 radical (unpaired) electrons. The van der Waals surface area contributed by atoms with Crippen LogP contribution in [-0.4, -0.2) is 30.6 Å². The van der Waals surface area contributed by atoms with Crippen molar-refractivity contribution < 1.29 is 0 Å². The lowest BCUT2D eigenvalue weighted by Gasteiger charge is -2.42. The number of hydrogen-bond acceptors (Lipinski definition) is 2. The fourth-order valence-electron chi connectivity index (χ4n) is 2.96. The second-order valence-electron chi connectivity index (χ2n) is 6.86. The molecule has 1 fully saturated rings. The Morgan fingerprint density at radius 3 is 2.45 bits per heavy atom. The van der Waals surface area contributed by atoms with E-state index in [0.717, 1.165) is 12.5 Å². The highest BCUT2D eigenvalue weighted by Gasteiger charge is 2.29. The van der Waals surface area contributed by atoms with Gasteiger partial charge in [-0.05, 0) is 30.4 Å². The van der Waals surface area contributed by atoms with Gasteiger partial charge in [0.15, 0.2) is 0 Å². The molecule has 0 amide bonds. The van der Waals surface area contributed by atoms with Crippen LogP contribution in [0.25, 0.3) is 0 Å². The van der Waals surface area contributed by atoms with Gasteiger partial charge in [0.1, 0.15) is 0 Å². The predicted molar refractivity (Wildman–Crippen MR) is 86.8 cm³/mol. The van der Waals surface area contributed by atoms with Gasteiger partial charge in [-0.3, -0.25) is 4.90 Å². The number of rotatable bonds is 5. The molecule has 1 saturated heterocycles. The summed E-state index contributed by atoms with van der Waals surface area (Å²) in [6, 6.07) is 12.1. The molecule has 1 heterocycles. The fourth-order valence-corrected chi connectivity index (χ4v) is 2.96. The summed E-state index contributed by atoms with van der Waals surface area (Å²) in [5.41, 5.74) is 1.45. The van der Waals surface area contributed by atoms with Crippen LogP contribution in [0, 0.1) is 11.8 Å². The van der Waals surface area contributed by atoms with E-state index in [9.17, 15) is 0 Å². The molecule has 112 valence electrons. The van der Waals surface area contributed by atoms with E-state index in [4.69, 9.17) is 0 Å². The van der Waals surface area contributed by atoms with Gasteiger partial charge in [0, 0.05) is 25.2 Å². The summed E-state index contributed by atoms with van der Waals surface area (Å²) < 4.78 is 0. The zero-order valence-electron chi connectivity index (χ0n) is 13.5. The molecule has 2 heteroatoms. The molecule has 2 unspecified atom stereocenters. The van der Waals surface area contributed by atoms with E-state index in [0.29, 0.717) is 18.0 Å². The molecule has 2 atom stereocenters. The van der Waals surface area contributed by atoms with Gasteiger partial charge in [0.2, 0.25) is 0 Å². The van der Waals surface area contributed by atoms with Crippen LogP contribution in [0.4, 0.5) is 0 Å². The molecule has 0 saturated carbocycles. The minimum atomic E-state index is 0.532. The van der Waals surface area contributed by atoms with E-state index in [1.807, 2.05) is 0 Å². The maximum Gasteiger partial charge on any atom is 0.0473 e. The molecule has 0 aliphatic carbocycles. The molecule has 1 aliphatic rings. The van der Waals surface area contributed by atoms with Gasteiger partial charge in [-0.1, -0.05) is 58.0 Å². The summed E-state index contributed by atoms with van der Waals surface area (Å²) in [5, 5.41) is 3.74. The zero-order valence-corrected chi connectivity index (χ0v) is 13.5. The number of nitrogens with zero attached hydrogens (tertiary/aromatic N) is 1. The quantitative estimate of drug-likeness (QED) is 0.880. The lowest BCUT2D eigenvalue weighted by atomic mass is 9.95. The van der Waals surface area contributed by atoms with Crippen molar-refractivity contribution in [2.75, 3.05) is 19.6 Å². The van der Waals surface area contributed by atoms with E-state index >= 15 is 0 Å². The Morgan fingerprint density at radius 2 is 1.85 bits per heavy atom. The summed E-state index contributed by atoms with van der Waals surface area (Å²) in [6.45, 7) is 12.7. The highest BCUT2D eigenvalue weighted by molar-refractivity contribution is 5.20. The van der Waals surface area contributed by atoms with Gasteiger partial charge in [0.25, 0.3) is 0 Å². The van der Waals surface area contributed by atoms with Crippen LogP contribution in [0.3, 0.4) is 0 Å². The molecule has 0 aromatic heterocycles. The number of nitrogens with one attached hydrogen (secondary N) is 1. The van der Waals surface area contributed by atoms with Crippen LogP contribution < -0.4 is 5.32 Å². The van der Waals surface area contributed by atoms with Crippen LogP contribution in [0.1, 0.15) is 45.7 Å². The average Bonchev–Trinajstić information content (AvgIpc) is 2.45. The summed E-state index contributed by atoms with van der Waals surface area (Å²) in [5.74, 6) is 1.48. The van der Waals surface area contributed by atoms with Crippen molar-refractivity contribution in [3.05, 3.63) is 35.9 Å². The van der Waals surface area contributed by atoms with Crippen molar-refractivity contribution >= 4 is 0 Å². The van der Waals surface area contributed by atoms with Crippen molar-refractivity contribution in [3.63, 3.8) is 0 Å². The molecule has 20 heavy (non-hydrogen) atoms. The third-order valence-corrected chi connectivity index (χ3v) is 4.43. The molecule has 2 rings (SSSR count). The summed E-state index contributed by atoms with van der Waals surface area (Å²) in [4.78, 5) is 2.69. The molecule has 1 aromatic carbocycles. The molecule has 1 aromatic rings. The first-order chi connectivity index (χ1) is 9.58. The first-order valence-corrected chi connectivity index (χ1v) is 8.10. The van der Waals surface area contributed by atoms with E-state index in [2.05, 4.69) is 68.2 Å². The summed E-state index contributed by atoms with van der Waals surface area (Å²) in [6.07, 6.45) is 1.29. The first kappa shape index (κ1) is 15.5. The normalized spacial score (nSPS) is 24.5. The zero-order chi connectivity index (χ0) is 14.5. The first-order valence-electron chi connectivity index (χ1n) is 8.10. The maximum absolute atomic E-state index is 3.74. The van der Waals surface area contributed by atoms with Crippen molar-refractivity contribution in [2.45, 2.75) is 46.2 Å². The Hall–Kier alpha value is -0.860. The summed E-state index contributed by atoms with van der Waals surface area (Å²) in [7, 11) is 0. The van der Waals surface area contributed by atoms with Crippen molar-refractivity contribution in [1.29, 1.82) is 0 Å². The van der Waals surface area contributed by atoms with Gasteiger partial charge in [0.05, 0.1) is 0 Å². The van der Waals surface area contributed by atoms with Crippen LogP contribution in [0.15, 0.2) is 30.3 Å². The van der Waals surface area contributed by atoms with Crippen LogP contribution >= 0.6 is 0 Å². The van der Waals surface area contributed by atoms with Gasteiger partial charge >= 0.3 is 0 Å². The van der Waals surface area contributed by atoms with Crippen molar-refractivity contribution in [3.8, 4) is 0 Å². The van der Waals surface area contributed by atoms with E-state index < -0.39 is 0 Å². The average molecular weight is 274 g/mol. The minimum Gasteiger partial charge on any atom is -0.311 e. The molecule has 0 bridgehead atoms. The van der Waals surface area contributed by atoms with Crippen molar-refractivity contribution in [1.82, 2.24) is 10.2 Å². The van der Waals surface area contributed by atoms with E-state index in [1.54, 1.807) is 0 Å². The Balaban J connectivity index is 2.08. The number of benzene rings is 1. The lowest BCUT2D eigenvalue weighted by Crippen LogP contribution is -2.54. The van der Waals surface area contributed by atoms with E-state index in [1.165, 1.54) is 25.1 Å². The topological polar surface area (TPSA) is 15.3 Å². The number of piperazine rings is 1. The molecule has 1 N–H and O–H groups in total. The van der Waals surface area contributed by atoms with Crippen molar-refractivity contribution in [2.24, 2.45) is 11.8 Å². The molecular formula is C18H30N2. The molecule has 1 aliphatic heterocycles. The lowest BCUT2D eigenvalue weighted by molar-refractivity contribution is 0.108. The molecular weight excluding hydrogens is 244 g/mol. The smallest absolute Gasteiger partial charge is 0.0473 e. The van der Waals surface area contributed by atoms with E-state index in [-0.39, 0.29) is 0 Å². The fraction of sp³-hybridized carbons (Fsp3) is 0.667. The Labute approximate surface area is 124 Å². The van der Waals surface area contributed by atoms with Crippen LogP contribution in [-0.2, 0) is 0 Å². The maximum atomic E-state index is 3.74. The Bertz CT molecular complexity index is 386. The molecule has 2 nitrogen and oxygen atoms in total. The SMILES string of the molecule is CC(C)CCN1CC(C(C)C)NCC1c1ccccc1. The minimum absolute atomic E-state index is 0.532. The largest absolute Gasteiger partial charge is 0.311 e. The number of hydrogen-bond donors (Lipinski definition) is 1.